The molecule has 0 aliphatic carbocycles. The molecule has 0 saturated heterocycles. The summed E-state index contributed by atoms with van der Waals surface area (Å²) in [5, 5.41) is 105. The van der Waals surface area contributed by atoms with Gasteiger partial charge < -0.3 is 70.9 Å². The van der Waals surface area contributed by atoms with Gasteiger partial charge >= 0.3 is 55.6 Å². The summed E-state index contributed by atoms with van der Waals surface area (Å²) in [5.41, 5.74) is -2.80. The molecule has 0 saturated carbocycles. The molecule has 0 spiro atoms. The van der Waals surface area contributed by atoms with Crippen molar-refractivity contribution in [3.05, 3.63) is 0 Å². The fourth-order valence-electron chi connectivity index (χ4n) is 1.36. The van der Waals surface area contributed by atoms with Gasteiger partial charge in [0, 0.05) is 12.4 Å². The van der Waals surface area contributed by atoms with Crippen molar-refractivity contribution in [3.8, 4) is 0 Å². The summed E-state index contributed by atoms with van der Waals surface area (Å²) in [6.45, 7) is 0.334. The molecule has 0 aromatic carbocycles. The van der Waals surface area contributed by atoms with Crippen molar-refractivity contribution in [1.82, 2.24) is 0 Å². The fourth-order valence-corrected chi connectivity index (χ4v) is 1.36. The number of aliphatic carboxylic acids is 5. The molecule has 6 atom stereocenters. The Morgan fingerprint density at radius 1 is 0.848 bits per heavy atom. The molecule has 0 aliphatic rings. The summed E-state index contributed by atoms with van der Waals surface area (Å²) >= 11 is 0. The summed E-state index contributed by atoms with van der Waals surface area (Å²) in [7, 11) is 0. The van der Waals surface area contributed by atoms with E-state index in [2.05, 4.69) is 0 Å². The van der Waals surface area contributed by atoms with E-state index in [9.17, 15) is 34.2 Å². The Balaban J connectivity index is -0.000000201. The molecule has 188 valence electrons. The molecule has 6 unspecified atom stereocenters. The van der Waals surface area contributed by atoms with Crippen LogP contribution in [0.4, 0.5) is 0 Å². The van der Waals surface area contributed by atoms with Gasteiger partial charge in [-0.05, 0) is 6.92 Å². The monoisotopic (exact) mass is 516 g/mol. The molecule has 0 fully saturated rings. The normalized spacial score (nSPS) is 16.2. The smallest absolute Gasteiger partial charge is 0.550 e. The zero-order chi connectivity index (χ0) is 26.4. The van der Waals surface area contributed by atoms with Crippen LogP contribution in [0, 0.1) is 0 Å². The Hall–Kier alpha value is -1.67. The molecule has 18 heteroatoms. The quantitative estimate of drug-likeness (QED) is 0.114. The van der Waals surface area contributed by atoms with Crippen LogP contribution in [0.15, 0.2) is 0 Å². The van der Waals surface area contributed by atoms with Gasteiger partial charge in [-0.15, -0.1) is 0 Å². The Kier molecular flexibility index (Phi) is 21.9. The van der Waals surface area contributed by atoms with Crippen LogP contribution in [-0.4, -0.2) is 161 Å². The van der Waals surface area contributed by atoms with Crippen LogP contribution in [0.5, 0.6) is 0 Å². The Bertz CT molecular complexity index is 620. The first-order chi connectivity index (χ1) is 14.3. The number of hydrogen-bond donors (Lipinski definition) is 10. The molecule has 0 aromatic rings. The van der Waals surface area contributed by atoms with Gasteiger partial charge in [0.05, 0.1) is 19.0 Å². The number of carboxylic acids is 5. The van der Waals surface area contributed by atoms with Crippen molar-refractivity contribution < 1.29 is 85.3 Å². The van der Waals surface area contributed by atoms with Crippen molar-refractivity contribution in [1.29, 1.82) is 0 Å². The van der Waals surface area contributed by atoms with E-state index in [1.165, 1.54) is 6.92 Å². The van der Waals surface area contributed by atoms with E-state index in [-0.39, 0.29) is 37.7 Å². The summed E-state index contributed by atoms with van der Waals surface area (Å²) in [6.07, 6.45) is -11.7. The molecule has 0 bridgehead atoms. The topological polar surface area (TPSA) is 334 Å². The van der Waals surface area contributed by atoms with Gasteiger partial charge in [0.15, 0.2) is 5.60 Å². The van der Waals surface area contributed by atoms with Crippen LogP contribution >= 0.6 is 0 Å². The van der Waals surface area contributed by atoms with Crippen LogP contribution in [0.25, 0.3) is 0 Å². The van der Waals surface area contributed by atoms with Crippen LogP contribution in [0.3, 0.4) is 0 Å². The minimum atomic E-state index is -2.80. The fraction of sp³-hybridized carbons (Fsp3) is 0.667. The van der Waals surface area contributed by atoms with Gasteiger partial charge in [-0.3, -0.25) is 4.79 Å². The number of carbonyl (C=O) groups is 5. The first kappa shape index (κ1) is 38.6. The largest absolute Gasteiger partial charge is 2.00 e. The van der Waals surface area contributed by atoms with Crippen molar-refractivity contribution >= 4 is 67.6 Å². The average Bonchev–Trinajstić information content (AvgIpc) is 2.64. The predicted molar refractivity (Wildman–Crippen MR) is 95.7 cm³/mol. The third kappa shape index (κ3) is 18.4. The molecule has 0 amide bonds. The number of aliphatic hydroxyl groups excluding tert-OH is 6. The molecule has 33 heavy (non-hydrogen) atoms. The Labute approximate surface area is 214 Å². The number of carbonyl (C=O) groups excluding carboxylic acids is 2. The van der Waals surface area contributed by atoms with Crippen molar-refractivity contribution in [2.45, 2.75) is 55.9 Å². The third-order valence-corrected chi connectivity index (χ3v) is 3.13. The van der Waals surface area contributed by atoms with Gasteiger partial charge in [-0.25, -0.2) is 9.59 Å². The van der Waals surface area contributed by atoms with E-state index in [0.29, 0.717) is 0 Å². The number of rotatable bonds is 11. The first-order valence-corrected chi connectivity index (χ1v) is 8.16. The SMILES string of the molecule is CC(O)C(=O)O.O=C([O-])C(O)C(O)C(O)C(O)CO.O=C([O-])CC(O)(CC(=O)O)C(=O)O.[Ca+2]. The maximum atomic E-state index is 10.3. The summed E-state index contributed by atoms with van der Waals surface area (Å²) in [4.78, 5) is 49.8. The second-order valence-electron chi connectivity index (χ2n) is 5.97. The van der Waals surface area contributed by atoms with Crippen molar-refractivity contribution in [2.75, 3.05) is 6.61 Å². The van der Waals surface area contributed by atoms with Gasteiger partial charge in [-0.2, -0.15) is 0 Å². The second-order valence-corrected chi connectivity index (χ2v) is 5.97. The molecule has 0 heterocycles. The van der Waals surface area contributed by atoms with E-state index in [0.717, 1.165) is 0 Å². The molecule has 10 N–H and O–H groups in total. The standard InChI is InChI=1S/C6H8O7.C6H12O7.C3H6O3.Ca/c7-3(8)1-6(13,5(11)12)2-4(9)10;7-1-2(8)3(9)4(10)5(11)6(12)13;1-2(4)3(5)6;/h13H,1-2H2,(H,7,8)(H,9,10)(H,11,12);2-5,7-11H,1H2,(H,12,13);2,4H,1H3,(H,5,6);/q;;;+2/p-2. The van der Waals surface area contributed by atoms with Gasteiger partial charge in [-0.1, -0.05) is 0 Å². The van der Waals surface area contributed by atoms with Gasteiger partial charge in [0.1, 0.15) is 30.5 Å². The zero-order valence-electron chi connectivity index (χ0n) is 17.0. The van der Waals surface area contributed by atoms with Gasteiger partial charge in [0.25, 0.3) is 0 Å². The maximum Gasteiger partial charge on any atom is 2.00 e. The van der Waals surface area contributed by atoms with Crippen LogP contribution < -0.4 is 10.2 Å². The Morgan fingerprint density at radius 3 is 1.45 bits per heavy atom. The van der Waals surface area contributed by atoms with Crippen LogP contribution in [0.1, 0.15) is 19.8 Å². The van der Waals surface area contributed by atoms with E-state index in [1.54, 1.807) is 0 Å². The average molecular weight is 516 g/mol. The zero-order valence-corrected chi connectivity index (χ0v) is 19.3. The van der Waals surface area contributed by atoms with Crippen LogP contribution in [0.2, 0.25) is 0 Å². The minimum absolute atomic E-state index is 0. The summed E-state index contributed by atoms with van der Waals surface area (Å²) in [5.74, 6) is -8.50. The van der Waals surface area contributed by atoms with Crippen molar-refractivity contribution in [2.24, 2.45) is 0 Å². The third-order valence-electron chi connectivity index (χ3n) is 3.13. The predicted octanol–water partition coefficient (Wildman–Crippen LogP) is -8.34. The molecule has 0 aromatic heterocycles. The molecule has 0 radical (unpaired) electrons. The molecule has 0 rings (SSSR count). The summed E-state index contributed by atoms with van der Waals surface area (Å²) in [6, 6.07) is 0. The minimum Gasteiger partial charge on any atom is -0.550 e. The Morgan fingerprint density at radius 2 is 1.24 bits per heavy atom. The molecular formula is C15H24CaO17. The van der Waals surface area contributed by atoms with E-state index < -0.39 is 85.4 Å². The van der Waals surface area contributed by atoms with E-state index >= 15 is 0 Å². The van der Waals surface area contributed by atoms with Crippen molar-refractivity contribution in [3.63, 3.8) is 0 Å². The molecular weight excluding hydrogens is 492 g/mol. The van der Waals surface area contributed by atoms with Gasteiger partial charge in [0.2, 0.25) is 0 Å². The van der Waals surface area contributed by atoms with E-state index in [1.807, 2.05) is 0 Å². The number of aliphatic hydroxyl groups is 7. The number of hydrogen-bond acceptors (Lipinski definition) is 14. The maximum absolute atomic E-state index is 10.3. The first-order valence-electron chi connectivity index (χ1n) is 8.16. The summed E-state index contributed by atoms with van der Waals surface area (Å²) < 4.78 is 0. The van der Waals surface area contributed by atoms with E-state index in [4.69, 9.17) is 51.1 Å². The molecule has 0 aliphatic heterocycles. The second kappa shape index (κ2) is 18.7. The van der Waals surface area contributed by atoms with Crippen LogP contribution in [-0.2, 0) is 24.0 Å². The number of carboxylic acid groups (broad SMARTS) is 5. The molecule has 17 nitrogen and oxygen atoms in total.